The zero-order valence-corrected chi connectivity index (χ0v) is 15.9. The van der Waals surface area contributed by atoms with Crippen molar-refractivity contribution >= 4 is 22.3 Å². The standard InChI is InChI=1S/C16H30BNO3Si/c1-13(7-9-17)12-20-15(19)18-10-8-14(11-18)21-22(5,6)16(2,3)4/h7,9,13-14H,8,10-12H2,1-6H3/b9-7+/t13-,14?/m1/s1. The van der Waals surface area contributed by atoms with Crippen LogP contribution in [0.5, 0.6) is 0 Å². The molecule has 0 aromatic rings. The van der Waals surface area contributed by atoms with Gasteiger partial charge >= 0.3 is 6.09 Å². The van der Waals surface area contributed by atoms with Crippen LogP contribution in [0.2, 0.25) is 18.1 Å². The van der Waals surface area contributed by atoms with Crippen molar-refractivity contribution in [2.24, 2.45) is 5.92 Å². The van der Waals surface area contributed by atoms with Gasteiger partial charge in [0.2, 0.25) is 0 Å². The third-order valence-electron chi connectivity index (χ3n) is 4.58. The number of rotatable bonds is 5. The maximum atomic E-state index is 12.1. The van der Waals surface area contributed by atoms with Gasteiger partial charge in [-0.15, -0.1) is 5.98 Å². The summed E-state index contributed by atoms with van der Waals surface area (Å²) >= 11 is 0. The number of carbonyl (C=O) groups excluding carboxylic acids is 1. The second-order valence-corrected chi connectivity index (χ2v) is 12.4. The van der Waals surface area contributed by atoms with E-state index in [9.17, 15) is 4.79 Å². The topological polar surface area (TPSA) is 38.8 Å². The van der Waals surface area contributed by atoms with Crippen molar-refractivity contribution in [1.29, 1.82) is 0 Å². The molecule has 1 aliphatic heterocycles. The summed E-state index contributed by atoms with van der Waals surface area (Å²) in [4.78, 5) is 13.8. The molecule has 0 N–H and O–H groups in total. The molecular weight excluding hydrogens is 293 g/mol. The van der Waals surface area contributed by atoms with Crippen LogP contribution in [-0.4, -0.2) is 53.0 Å². The van der Waals surface area contributed by atoms with Crippen LogP contribution in [0.3, 0.4) is 0 Å². The molecule has 2 radical (unpaired) electrons. The smallest absolute Gasteiger partial charge is 0.409 e. The SMILES string of the molecule is [B]/C=C/[C@@H](C)COC(=O)N1CCC(O[Si](C)(C)C(C)(C)C)C1. The van der Waals surface area contributed by atoms with E-state index >= 15 is 0 Å². The van der Waals surface area contributed by atoms with Crippen LogP contribution in [0.4, 0.5) is 4.79 Å². The first-order chi connectivity index (χ1) is 10.1. The number of amides is 1. The van der Waals surface area contributed by atoms with E-state index in [1.807, 2.05) is 13.0 Å². The molecule has 1 unspecified atom stereocenters. The van der Waals surface area contributed by atoms with Gasteiger partial charge in [-0.05, 0) is 24.6 Å². The van der Waals surface area contributed by atoms with Crippen molar-refractivity contribution in [1.82, 2.24) is 4.90 Å². The number of likely N-dealkylation sites (tertiary alicyclic amines) is 1. The van der Waals surface area contributed by atoms with Crippen LogP contribution < -0.4 is 0 Å². The van der Waals surface area contributed by atoms with Crippen LogP contribution in [0.15, 0.2) is 12.1 Å². The Labute approximate surface area is 137 Å². The molecule has 1 rings (SSSR count). The highest BCUT2D eigenvalue weighted by Crippen LogP contribution is 2.38. The number of carbonyl (C=O) groups is 1. The van der Waals surface area contributed by atoms with E-state index in [-0.39, 0.29) is 23.2 Å². The Kier molecular flexibility index (Phi) is 6.74. The molecule has 2 atom stereocenters. The van der Waals surface area contributed by atoms with Gasteiger partial charge in [-0.25, -0.2) is 4.79 Å². The summed E-state index contributed by atoms with van der Waals surface area (Å²) in [5.74, 6) is 1.62. The normalized spacial score (nSPS) is 21.4. The van der Waals surface area contributed by atoms with Crippen LogP contribution in [-0.2, 0) is 9.16 Å². The summed E-state index contributed by atoms with van der Waals surface area (Å²) in [7, 11) is 3.54. The lowest BCUT2D eigenvalue weighted by atomic mass is 10.1. The first-order valence-corrected chi connectivity index (χ1v) is 11.0. The third kappa shape index (κ3) is 5.47. The molecule has 0 aromatic heterocycles. The zero-order valence-electron chi connectivity index (χ0n) is 14.9. The molecule has 4 nitrogen and oxygen atoms in total. The number of nitrogens with zero attached hydrogens (tertiary/aromatic N) is 1. The molecule has 1 saturated heterocycles. The van der Waals surface area contributed by atoms with Crippen LogP contribution >= 0.6 is 0 Å². The van der Waals surface area contributed by atoms with Crippen molar-refractivity contribution in [2.45, 2.75) is 58.4 Å². The second-order valence-electron chi connectivity index (χ2n) is 7.67. The highest BCUT2D eigenvalue weighted by molar-refractivity contribution is 6.74. The molecule has 1 fully saturated rings. The first-order valence-electron chi connectivity index (χ1n) is 8.04. The molecular formula is C16H30BNO3Si. The highest BCUT2D eigenvalue weighted by atomic mass is 28.4. The molecule has 0 bridgehead atoms. The van der Waals surface area contributed by atoms with Gasteiger partial charge in [-0.1, -0.05) is 33.8 Å². The van der Waals surface area contributed by atoms with E-state index in [0.29, 0.717) is 19.7 Å². The quantitative estimate of drug-likeness (QED) is 0.727. The van der Waals surface area contributed by atoms with Gasteiger partial charge in [0.25, 0.3) is 0 Å². The fourth-order valence-electron chi connectivity index (χ4n) is 2.12. The molecule has 0 saturated carbocycles. The van der Waals surface area contributed by atoms with Crippen molar-refractivity contribution < 1.29 is 14.0 Å². The largest absolute Gasteiger partial charge is 0.449 e. The van der Waals surface area contributed by atoms with E-state index in [1.54, 1.807) is 4.90 Å². The minimum atomic E-state index is -1.78. The average Bonchev–Trinajstić information content (AvgIpc) is 2.82. The van der Waals surface area contributed by atoms with E-state index in [2.05, 4.69) is 33.9 Å². The van der Waals surface area contributed by atoms with Crippen LogP contribution in [0.1, 0.15) is 34.1 Å². The molecule has 0 aromatic carbocycles. The molecule has 1 aliphatic rings. The first kappa shape index (κ1) is 19.3. The Balaban J connectivity index is 2.44. The Hall–Kier alpha value is -0.748. The van der Waals surface area contributed by atoms with Crippen molar-refractivity contribution in [3.05, 3.63) is 12.1 Å². The van der Waals surface area contributed by atoms with Gasteiger partial charge in [0.1, 0.15) is 7.85 Å². The van der Waals surface area contributed by atoms with Crippen molar-refractivity contribution in [2.75, 3.05) is 19.7 Å². The predicted octanol–water partition coefficient (Wildman–Crippen LogP) is 3.54. The lowest BCUT2D eigenvalue weighted by Crippen LogP contribution is -2.44. The maximum Gasteiger partial charge on any atom is 0.409 e. The summed E-state index contributed by atoms with van der Waals surface area (Å²) < 4.78 is 11.7. The Morgan fingerprint density at radius 3 is 2.64 bits per heavy atom. The molecule has 1 heterocycles. The van der Waals surface area contributed by atoms with Gasteiger partial charge in [-0.3, -0.25) is 0 Å². The van der Waals surface area contributed by atoms with Crippen LogP contribution in [0, 0.1) is 5.92 Å². The molecule has 6 heteroatoms. The summed E-state index contributed by atoms with van der Waals surface area (Å²) in [5.41, 5.74) is 0. The van der Waals surface area contributed by atoms with Crippen molar-refractivity contribution in [3.63, 3.8) is 0 Å². The number of hydrogen-bond donors (Lipinski definition) is 0. The predicted molar refractivity (Wildman–Crippen MR) is 93.7 cm³/mol. The van der Waals surface area contributed by atoms with Crippen molar-refractivity contribution in [3.8, 4) is 0 Å². The zero-order chi connectivity index (χ0) is 17.0. The third-order valence-corrected chi connectivity index (χ3v) is 9.11. The lowest BCUT2D eigenvalue weighted by molar-refractivity contribution is 0.0969. The maximum absolute atomic E-state index is 12.1. The Morgan fingerprint density at radius 2 is 2.09 bits per heavy atom. The van der Waals surface area contributed by atoms with Gasteiger partial charge < -0.3 is 14.1 Å². The summed E-state index contributed by atoms with van der Waals surface area (Å²) in [6, 6.07) is 0. The highest BCUT2D eigenvalue weighted by Gasteiger charge is 2.41. The molecule has 124 valence electrons. The molecule has 0 aliphatic carbocycles. The van der Waals surface area contributed by atoms with E-state index in [4.69, 9.17) is 17.0 Å². The monoisotopic (exact) mass is 323 g/mol. The van der Waals surface area contributed by atoms with Gasteiger partial charge in [-0.2, -0.15) is 0 Å². The van der Waals surface area contributed by atoms with Gasteiger partial charge in [0.05, 0.1) is 12.7 Å². The second kappa shape index (κ2) is 7.69. The minimum Gasteiger partial charge on any atom is -0.449 e. The summed E-state index contributed by atoms with van der Waals surface area (Å²) in [6.07, 6.45) is 2.59. The fraction of sp³-hybridized carbons (Fsp3) is 0.812. The van der Waals surface area contributed by atoms with Crippen LogP contribution in [0.25, 0.3) is 0 Å². The summed E-state index contributed by atoms with van der Waals surface area (Å²) in [6.45, 7) is 14.8. The fourth-order valence-corrected chi connectivity index (χ4v) is 3.50. The molecule has 0 spiro atoms. The van der Waals surface area contributed by atoms with E-state index in [0.717, 1.165) is 6.42 Å². The van der Waals surface area contributed by atoms with Gasteiger partial charge in [0.15, 0.2) is 8.32 Å². The molecule has 22 heavy (non-hydrogen) atoms. The molecule has 1 amide bonds. The van der Waals surface area contributed by atoms with E-state index in [1.165, 1.54) is 5.98 Å². The number of ether oxygens (including phenoxy) is 1. The minimum absolute atomic E-state index is 0.134. The Morgan fingerprint density at radius 1 is 1.45 bits per heavy atom. The lowest BCUT2D eigenvalue weighted by Gasteiger charge is -2.38. The summed E-state index contributed by atoms with van der Waals surface area (Å²) in [5, 5.41) is 0.185. The van der Waals surface area contributed by atoms with Gasteiger partial charge in [0, 0.05) is 19.0 Å². The average molecular weight is 323 g/mol. The number of hydrogen-bond acceptors (Lipinski definition) is 3. The Bertz CT molecular complexity index is 407. The van der Waals surface area contributed by atoms with E-state index < -0.39 is 8.32 Å².